The van der Waals surface area contributed by atoms with E-state index in [0.29, 0.717) is 6.42 Å². The first-order valence-corrected chi connectivity index (χ1v) is 5.20. The molecule has 0 aliphatic carbocycles. The van der Waals surface area contributed by atoms with Crippen LogP contribution in [0.25, 0.3) is 0 Å². The number of hydrogen-bond donors (Lipinski definition) is 0. The molecule has 1 rings (SSSR count). The summed E-state index contributed by atoms with van der Waals surface area (Å²) < 4.78 is 0. The summed E-state index contributed by atoms with van der Waals surface area (Å²) in [6.45, 7) is 8.19. The van der Waals surface area contributed by atoms with E-state index in [1.54, 1.807) is 0 Å². The molecule has 0 amide bonds. The molecule has 1 fully saturated rings. The van der Waals surface area contributed by atoms with Gasteiger partial charge in [0.1, 0.15) is 0 Å². The Hall–Kier alpha value is -0.850. The van der Waals surface area contributed by atoms with E-state index in [9.17, 15) is 0 Å². The second-order valence-electron chi connectivity index (χ2n) is 3.86. The van der Waals surface area contributed by atoms with Crippen LogP contribution in [0.3, 0.4) is 0 Å². The molecule has 3 heteroatoms. The summed E-state index contributed by atoms with van der Waals surface area (Å²) in [6.07, 6.45) is 3.65. The molecule has 78 valence electrons. The van der Waals surface area contributed by atoms with Crippen LogP contribution < -0.4 is 0 Å². The third-order valence-corrected chi connectivity index (χ3v) is 2.80. The Morgan fingerprint density at radius 1 is 1.43 bits per heavy atom. The van der Waals surface area contributed by atoms with Crippen molar-refractivity contribution in [3.8, 4) is 6.07 Å². The van der Waals surface area contributed by atoms with Crippen molar-refractivity contribution in [2.24, 2.45) is 0 Å². The van der Waals surface area contributed by atoms with Gasteiger partial charge in [-0.25, -0.2) is 0 Å². The van der Waals surface area contributed by atoms with Crippen LogP contribution in [0.5, 0.6) is 0 Å². The second kappa shape index (κ2) is 5.79. The van der Waals surface area contributed by atoms with Gasteiger partial charge in [-0.2, -0.15) is 5.26 Å². The fourth-order valence-electron chi connectivity index (χ4n) is 1.85. The summed E-state index contributed by atoms with van der Waals surface area (Å²) >= 11 is 0. The molecule has 1 saturated heterocycles. The minimum absolute atomic E-state index is 0.242. The predicted octanol–water partition coefficient (Wildman–Crippen LogP) is 1.09. The monoisotopic (exact) mass is 193 g/mol. The zero-order chi connectivity index (χ0) is 10.4. The first-order chi connectivity index (χ1) is 6.77. The number of likely N-dealkylation sites (N-methyl/N-ethyl adjacent to an activating group) is 1. The van der Waals surface area contributed by atoms with Crippen molar-refractivity contribution in [2.75, 3.05) is 33.2 Å². The molecule has 1 heterocycles. The average molecular weight is 193 g/mol. The van der Waals surface area contributed by atoms with Gasteiger partial charge < -0.3 is 4.90 Å². The molecule has 1 aliphatic heterocycles. The quantitative estimate of drug-likeness (QED) is 0.629. The normalized spacial score (nSPS) is 22.3. The first-order valence-electron chi connectivity index (χ1n) is 5.20. The molecule has 0 N–H and O–H groups in total. The van der Waals surface area contributed by atoms with Crippen LogP contribution in [-0.4, -0.2) is 49.1 Å². The molecule has 0 saturated carbocycles. The standard InChI is InChI=1S/C11H19N3/c1-3-11(5-6-12)14-8-4-7-13(2)9-10-14/h3,11H,1,4-5,7-10H2,2H3. The maximum atomic E-state index is 8.69. The van der Waals surface area contributed by atoms with Gasteiger partial charge in [0.05, 0.1) is 12.5 Å². The van der Waals surface area contributed by atoms with E-state index in [0.717, 1.165) is 26.2 Å². The van der Waals surface area contributed by atoms with Crippen LogP contribution in [0, 0.1) is 11.3 Å². The van der Waals surface area contributed by atoms with Gasteiger partial charge in [-0.05, 0) is 20.0 Å². The summed E-state index contributed by atoms with van der Waals surface area (Å²) in [6, 6.07) is 2.46. The zero-order valence-electron chi connectivity index (χ0n) is 8.95. The van der Waals surface area contributed by atoms with E-state index in [1.807, 2.05) is 6.08 Å². The summed E-state index contributed by atoms with van der Waals surface area (Å²) in [5, 5.41) is 8.69. The second-order valence-corrected chi connectivity index (χ2v) is 3.86. The van der Waals surface area contributed by atoms with Gasteiger partial charge in [-0.1, -0.05) is 6.08 Å². The van der Waals surface area contributed by atoms with Crippen LogP contribution in [0.4, 0.5) is 0 Å². The fraction of sp³-hybridized carbons (Fsp3) is 0.727. The highest BCUT2D eigenvalue weighted by Gasteiger charge is 2.17. The van der Waals surface area contributed by atoms with Crippen molar-refractivity contribution < 1.29 is 0 Å². The van der Waals surface area contributed by atoms with E-state index in [4.69, 9.17) is 5.26 Å². The van der Waals surface area contributed by atoms with Gasteiger partial charge in [-0.3, -0.25) is 4.90 Å². The fourth-order valence-corrected chi connectivity index (χ4v) is 1.85. The van der Waals surface area contributed by atoms with Crippen molar-refractivity contribution in [1.29, 1.82) is 5.26 Å². The van der Waals surface area contributed by atoms with Gasteiger partial charge in [0.15, 0.2) is 0 Å². The largest absolute Gasteiger partial charge is 0.305 e. The van der Waals surface area contributed by atoms with Gasteiger partial charge in [0, 0.05) is 25.7 Å². The lowest BCUT2D eigenvalue weighted by atomic mass is 10.2. The van der Waals surface area contributed by atoms with Crippen molar-refractivity contribution >= 4 is 0 Å². The highest BCUT2D eigenvalue weighted by Crippen LogP contribution is 2.09. The van der Waals surface area contributed by atoms with E-state index in [-0.39, 0.29) is 6.04 Å². The molecule has 0 aromatic carbocycles. The zero-order valence-corrected chi connectivity index (χ0v) is 8.95. The minimum Gasteiger partial charge on any atom is -0.305 e. The minimum atomic E-state index is 0.242. The Kier molecular flexibility index (Phi) is 4.64. The van der Waals surface area contributed by atoms with Gasteiger partial charge in [0.25, 0.3) is 0 Å². The summed E-state index contributed by atoms with van der Waals surface area (Å²) in [5.74, 6) is 0. The Labute approximate surface area is 86.6 Å². The van der Waals surface area contributed by atoms with Gasteiger partial charge >= 0.3 is 0 Å². The molecule has 0 radical (unpaired) electrons. The number of nitriles is 1. The van der Waals surface area contributed by atoms with Crippen molar-refractivity contribution in [2.45, 2.75) is 18.9 Å². The topological polar surface area (TPSA) is 30.3 Å². The molecule has 1 aliphatic rings. The molecular formula is C11H19N3. The Bertz CT molecular complexity index is 219. The Morgan fingerprint density at radius 2 is 2.21 bits per heavy atom. The van der Waals surface area contributed by atoms with Crippen molar-refractivity contribution in [3.05, 3.63) is 12.7 Å². The SMILES string of the molecule is C=CC(CC#N)N1CCCN(C)CC1. The Balaban J connectivity index is 2.49. The van der Waals surface area contributed by atoms with Crippen LogP contribution in [0.2, 0.25) is 0 Å². The molecule has 1 unspecified atom stereocenters. The summed E-state index contributed by atoms with van der Waals surface area (Å²) in [4.78, 5) is 4.70. The van der Waals surface area contributed by atoms with Gasteiger partial charge in [-0.15, -0.1) is 6.58 Å². The number of hydrogen-bond acceptors (Lipinski definition) is 3. The van der Waals surface area contributed by atoms with E-state index < -0.39 is 0 Å². The maximum Gasteiger partial charge on any atom is 0.0641 e. The molecule has 14 heavy (non-hydrogen) atoms. The van der Waals surface area contributed by atoms with Crippen molar-refractivity contribution in [1.82, 2.24) is 9.80 Å². The molecule has 0 aromatic rings. The predicted molar refractivity (Wildman–Crippen MR) is 57.9 cm³/mol. The lowest BCUT2D eigenvalue weighted by Crippen LogP contribution is -2.36. The summed E-state index contributed by atoms with van der Waals surface area (Å²) in [5.41, 5.74) is 0. The molecule has 3 nitrogen and oxygen atoms in total. The van der Waals surface area contributed by atoms with Crippen LogP contribution >= 0.6 is 0 Å². The smallest absolute Gasteiger partial charge is 0.0641 e. The lowest BCUT2D eigenvalue weighted by molar-refractivity contribution is 0.237. The van der Waals surface area contributed by atoms with Crippen molar-refractivity contribution in [3.63, 3.8) is 0 Å². The highest BCUT2D eigenvalue weighted by atomic mass is 15.2. The summed E-state index contributed by atoms with van der Waals surface area (Å²) in [7, 11) is 2.15. The van der Waals surface area contributed by atoms with Gasteiger partial charge in [0.2, 0.25) is 0 Å². The third kappa shape index (κ3) is 3.13. The average Bonchev–Trinajstić information content (AvgIpc) is 2.40. The number of rotatable bonds is 3. The highest BCUT2D eigenvalue weighted by molar-refractivity contribution is 4.94. The molecule has 1 atom stereocenters. The first kappa shape index (κ1) is 11.2. The lowest BCUT2D eigenvalue weighted by Gasteiger charge is -2.26. The van der Waals surface area contributed by atoms with Crippen LogP contribution in [-0.2, 0) is 0 Å². The molecule has 0 bridgehead atoms. The van der Waals surface area contributed by atoms with Crippen LogP contribution in [0.15, 0.2) is 12.7 Å². The van der Waals surface area contributed by atoms with Crippen LogP contribution in [0.1, 0.15) is 12.8 Å². The molecular weight excluding hydrogens is 174 g/mol. The maximum absolute atomic E-state index is 8.69. The van der Waals surface area contributed by atoms with E-state index in [1.165, 1.54) is 6.42 Å². The van der Waals surface area contributed by atoms with E-state index in [2.05, 4.69) is 29.5 Å². The van der Waals surface area contributed by atoms with E-state index >= 15 is 0 Å². The molecule has 0 aromatic heterocycles. The molecule has 0 spiro atoms. The third-order valence-electron chi connectivity index (χ3n) is 2.80. The number of nitrogens with zero attached hydrogens (tertiary/aromatic N) is 3. The Morgan fingerprint density at radius 3 is 2.86 bits per heavy atom.